The maximum absolute atomic E-state index is 13.9. The van der Waals surface area contributed by atoms with Crippen LogP contribution >= 0.6 is 0 Å². The minimum Gasteiger partial charge on any atom is -0.494 e. The lowest BCUT2D eigenvalue weighted by atomic mass is 9.88. The average Bonchev–Trinajstić information content (AvgIpc) is 2.55. The highest BCUT2D eigenvalue weighted by molar-refractivity contribution is 5.85. The Kier molecular flexibility index (Phi) is 5.95. The number of hydrogen-bond acceptors (Lipinski definition) is 3. The highest BCUT2D eigenvalue weighted by atomic mass is 19.1. The van der Waals surface area contributed by atoms with Crippen molar-refractivity contribution >= 4 is 11.9 Å². The molecule has 2 atom stereocenters. The van der Waals surface area contributed by atoms with Crippen molar-refractivity contribution in [1.29, 1.82) is 0 Å². The van der Waals surface area contributed by atoms with Crippen molar-refractivity contribution in [3.05, 3.63) is 42.2 Å². The van der Waals surface area contributed by atoms with Crippen LogP contribution in [0.3, 0.4) is 0 Å². The van der Waals surface area contributed by atoms with Gasteiger partial charge in [0.15, 0.2) is 11.6 Å². The summed E-state index contributed by atoms with van der Waals surface area (Å²) in [6.07, 6.45) is 4.06. The Morgan fingerprint density at radius 1 is 1.58 bits per heavy atom. The number of nitrogens with zero attached hydrogens (tertiary/aromatic N) is 1. The van der Waals surface area contributed by atoms with Gasteiger partial charge in [-0.25, -0.2) is 4.39 Å². The summed E-state index contributed by atoms with van der Waals surface area (Å²) in [5.41, 5.74) is 0.466. The fourth-order valence-corrected chi connectivity index (χ4v) is 3.00. The van der Waals surface area contributed by atoms with E-state index in [1.54, 1.807) is 6.07 Å². The Balaban J connectivity index is 2.12. The van der Waals surface area contributed by atoms with Crippen LogP contribution in [0, 0.1) is 11.7 Å². The van der Waals surface area contributed by atoms with Gasteiger partial charge in [0.05, 0.1) is 25.5 Å². The molecule has 6 heteroatoms. The largest absolute Gasteiger partial charge is 0.494 e. The van der Waals surface area contributed by atoms with E-state index in [1.165, 1.54) is 24.1 Å². The molecule has 130 valence electrons. The Morgan fingerprint density at radius 2 is 2.33 bits per heavy atom. The molecular weight excluding hydrogens is 313 g/mol. The van der Waals surface area contributed by atoms with Crippen LogP contribution in [0.1, 0.15) is 37.3 Å². The highest BCUT2D eigenvalue weighted by Crippen LogP contribution is 2.35. The van der Waals surface area contributed by atoms with Crippen LogP contribution in [0.2, 0.25) is 0 Å². The fourth-order valence-electron chi connectivity index (χ4n) is 3.00. The summed E-state index contributed by atoms with van der Waals surface area (Å²) >= 11 is 0. The minimum atomic E-state index is -1.03. The van der Waals surface area contributed by atoms with Gasteiger partial charge in [-0.1, -0.05) is 12.1 Å². The fraction of sp³-hybridized carbons (Fsp3) is 0.444. The summed E-state index contributed by atoms with van der Waals surface area (Å²) in [7, 11) is 1.36. The second-order valence-corrected chi connectivity index (χ2v) is 5.91. The number of carbonyl (C=O) groups excluding carboxylic acids is 1. The molecule has 0 bridgehead atoms. The van der Waals surface area contributed by atoms with Gasteiger partial charge in [0.2, 0.25) is 5.91 Å². The van der Waals surface area contributed by atoms with Crippen molar-refractivity contribution in [2.24, 2.45) is 5.92 Å². The van der Waals surface area contributed by atoms with Crippen LogP contribution < -0.4 is 4.74 Å². The molecule has 1 aliphatic heterocycles. The van der Waals surface area contributed by atoms with Crippen molar-refractivity contribution in [2.75, 3.05) is 13.7 Å². The van der Waals surface area contributed by atoms with Crippen molar-refractivity contribution < 1.29 is 23.8 Å². The molecule has 1 unspecified atom stereocenters. The number of methoxy groups -OCH3 is 1. The number of carboxylic acids is 1. The number of unbranched alkanes of at least 4 members (excludes halogenated alkanes) is 1. The molecule has 0 spiro atoms. The van der Waals surface area contributed by atoms with Gasteiger partial charge in [-0.3, -0.25) is 9.59 Å². The molecule has 1 aromatic carbocycles. The first-order valence-corrected chi connectivity index (χ1v) is 7.94. The second-order valence-electron chi connectivity index (χ2n) is 5.91. The summed E-state index contributed by atoms with van der Waals surface area (Å²) in [5.74, 6) is -1.66. The standard InChI is InChI=1S/C18H22FNO4/c1-3-4-5-6-13-11-20(18(13)23)15(10-17(21)22)12-7-8-16(24-2)14(19)9-12/h3,7-9,13,15H,1,4-6,10-11H2,2H3,(H,21,22)/t13?,15-/m0/s1. The van der Waals surface area contributed by atoms with E-state index in [9.17, 15) is 14.0 Å². The molecule has 1 aromatic rings. The third-order valence-corrected chi connectivity index (χ3v) is 4.32. The summed E-state index contributed by atoms with van der Waals surface area (Å²) in [5, 5.41) is 9.14. The lowest BCUT2D eigenvalue weighted by molar-refractivity contribution is -0.154. The van der Waals surface area contributed by atoms with Crippen molar-refractivity contribution in [3.8, 4) is 5.75 Å². The smallest absolute Gasteiger partial charge is 0.305 e. The first-order valence-electron chi connectivity index (χ1n) is 7.94. The van der Waals surface area contributed by atoms with E-state index in [2.05, 4.69) is 6.58 Å². The highest BCUT2D eigenvalue weighted by Gasteiger charge is 2.41. The zero-order valence-corrected chi connectivity index (χ0v) is 13.7. The van der Waals surface area contributed by atoms with Gasteiger partial charge in [-0.2, -0.15) is 0 Å². The van der Waals surface area contributed by atoms with Gasteiger partial charge in [0.25, 0.3) is 0 Å². The molecule has 1 aliphatic rings. The number of β-lactam (4-membered cyclic amide) rings is 1. The van der Waals surface area contributed by atoms with Crippen molar-refractivity contribution in [2.45, 2.75) is 31.7 Å². The van der Waals surface area contributed by atoms with Crippen LogP contribution in [0.25, 0.3) is 0 Å². The van der Waals surface area contributed by atoms with Crippen LogP contribution in [0.4, 0.5) is 4.39 Å². The third-order valence-electron chi connectivity index (χ3n) is 4.32. The average molecular weight is 335 g/mol. The number of likely N-dealkylation sites (tertiary alicyclic amines) is 1. The quantitative estimate of drug-likeness (QED) is 0.428. The molecule has 1 N–H and O–H groups in total. The predicted octanol–water partition coefficient (Wildman–Crippen LogP) is 3.16. The van der Waals surface area contributed by atoms with Crippen molar-refractivity contribution in [1.82, 2.24) is 4.90 Å². The molecule has 1 amide bonds. The number of rotatable bonds is 9. The Bertz CT molecular complexity index is 631. The Labute approximate surface area is 140 Å². The molecular formula is C18H22FNO4. The van der Waals surface area contributed by atoms with Gasteiger partial charge in [-0.05, 0) is 37.0 Å². The van der Waals surface area contributed by atoms with E-state index in [1.807, 2.05) is 6.08 Å². The predicted molar refractivity (Wildman–Crippen MR) is 87.2 cm³/mol. The zero-order chi connectivity index (χ0) is 17.7. The van der Waals surface area contributed by atoms with Crippen LogP contribution in [0.15, 0.2) is 30.9 Å². The zero-order valence-electron chi connectivity index (χ0n) is 13.7. The number of aliphatic carboxylic acids is 1. The van der Waals surface area contributed by atoms with Gasteiger partial charge < -0.3 is 14.7 Å². The van der Waals surface area contributed by atoms with E-state index in [0.717, 1.165) is 19.3 Å². The van der Waals surface area contributed by atoms with Crippen LogP contribution in [-0.2, 0) is 9.59 Å². The monoisotopic (exact) mass is 335 g/mol. The van der Waals surface area contributed by atoms with Gasteiger partial charge in [-0.15, -0.1) is 6.58 Å². The lowest BCUT2D eigenvalue weighted by Gasteiger charge is -2.43. The maximum Gasteiger partial charge on any atom is 0.305 e. The maximum atomic E-state index is 13.9. The van der Waals surface area contributed by atoms with Crippen molar-refractivity contribution in [3.63, 3.8) is 0 Å². The topological polar surface area (TPSA) is 66.8 Å². The third kappa shape index (κ3) is 3.93. The second kappa shape index (κ2) is 7.95. The summed E-state index contributed by atoms with van der Waals surface area (Å²) < 4.78 is 18.8. The molecule has 1 fully saturated rings. The summed E-state index contributed by atoms with van der Waals surface area (Å²) in [6.45, 7) is 4.15. The van der Waals surface area contributed by atoms with Gasteiger partial charge >= 0.3 is 5.97 Å². The molecule has 1 heterocycles. The number of carboxylic acid groups (broad SMARTS) is 1. The van der Waals surface area contributed by atoms with Crippen LogP contribution in [-0.4, -0.2) is 35.5 Å². The van der Waals surface area contributed by atoms with E-state index in [4.69, 9.17) is 9.84 Å². The number of halogens is 1. The Morgan fingerprint density at radius 3 is 2.88 bits per heavy atom. The summed E-state index contributed by atoms with van der Waals surface area (Å²) in [4.78, 5) is 25.0. The number of carbonyl (C=O) groups is 2. The molecule has 5 nitrogen and oxygen atoms in total. The number of hydrogen-bond donors (Lipinski definition) is 1. The molecule has 0 aliphatic carbocycles. The van der Waals surface area contributed by atoms with E-state index in [0.29, 0.717) is 12.1 Å². The van der Waals surface area contributed by atoms with Gasteiger partial charge in [0.1, 0.15) is 0 Å². The molecule has 1 saturated heterocycles. The van der Waals surface area contributed by atoms with E-state index >= 15 is 0 Å². The first-order chi connectivity index (χ1) is 11.5. The van der Waals surface area contributed by atoms with Crippen LogP contribution in [0.5, 0.6) is 5.75 Å². The molecule has 24 heavy (non-hydrogen) atoms. The molecule has 2 rings (SSSR count). The summed E-state index contributed by atoms with van der Waals surface area (Å²) in [6, 6.07) is 3.63. The van der Waals surface area contributed by atoms with E-state index < -0.39 is 17.8 Å². The number of benzene rings is 1. The number of ether oxygens (including phenoxy) is 1. The number of amides is 1. The number of allylic oxidation sites excluding steroid dienone is 1. The molecule has 0 saturated carbocycles. The van der Waals surface area contributed by atoms with E-state index in [-0.39, 0.29) is 24.0 Å². The minimum absolute atomic E-state index is 0.0680. The molecule has 0 radical (unpaired) electrons. The van der Waals surface area contributed by atoms with Gasteiger partial charge in [0, 0.05) is 6.54 Å². The molecule has 0 aromatic heterocycles. The first kappa shape index (κ1) is 18.0. The SMILES string of the molecule is C=CCCCC1CN([C@@H](CC(=O)O)c2ccc(OC)c(F)c2)C1=O. The Hall–Kier alpha value is -2.37. The lowest BCUT2D eigenvalue weighted by Crippen LogP contribution is -2.54. The normalized spacial score (nSPS) is 18.0.